The van der Waals surface area contributed by atoms with E-state index in [1.807, 2.05) is 31.3 Å². The zero-order chi connectivity index (χ0) is 15.9. The fourth-order valence-corrected chi connectivity index (χ4v) is 2.65. The highest BCUT2D eigenvalue weighted by atomic mass is 16.5. The number of methoxy groups -OCH3 is 1. The third-order valence-corrected chi connectivity index (χ3v) is 4.01. The van der Waals surface area contributed by atoms with E-state index in [2.05, 4.69) is 11.9 Å². The average molecular weight is 306 g/mol. The van der Waals surface area contributed by atoms with Crippen LogP contribution < -0.4 is 4.74 Å². The zero-order valence-electron chi connectivity index (χ0n) is 13.7. The van der Waals surface area contributed by atoms with Gasteiger partial charge in [-0.25, -0.2) is 0 Å². The van der Waals surface area contributed by atoms with Crippen molar-refractivity contribution in [2.24, 2.45) is 0 Å². The molecule has 0 aromatic heterocycles. The molecular weight excluding hydrogens is 280 g/mol. The molecule has 0 bridgehead atoms. The molecule has 1 aromatic rings. The quantitative estimate of drug-likeness (QED) is 0.797. The van der Waals surface area contributed by atoms with Crippen molar-refractivity contribution in [3.8, 4) is 5.75 Å². The maximum atomic E-state index is 12.3. The lowest BCUT2D eigenvalue weighted by Crippen LogP contribution is -2.46. The summed E-state index contributed by atoms with van der Waals surface area (Å²) in [6.45, 7) is 3.24. The monoisotopic (exact) mass is 306 g/mol. The van der Waals surface area contributed by atoms with Gasteiger partial charge in [-0.15, -0.1) is 0 Å². The van der Waals surface area contributed by atoms with Crippen molar-refractivity contribution in [3.05, 3.63) is 29.8 Å². The van der Waals surface area contributed by atoms with Gasteiger partial charge in [-0.05, 0) is 31.2 Å². The highest BCUT2D eigenvalue weighted by Gasteiger charge is 2.21. The Hall–Kier alpha value is -1.59. The number of hydrogen-bond acceptors (Lipinski definition) is 4. The van der Waals surface area contributed by atoms with Crippen LogP contribution in [0.1, 0.15) is 12.0 Å². The van der Waals surface area contributed by atoms with Crippen molar-refractivity contribution >= 4 is 5.91 Å². The van der Waals surface area contributed by atoms with Crippen molar-refractivity contribution < 1.29 is 14.3 Å². The number of carbonyl (C=O) groups is 1. The molecule has 1 saturated heterocycles. The van der Waals surface area contributed by atoms with Gasteiger partial charge in [0.1, 0.15) is 5.75 Å². The van der Waals surface area contributed by atoms with Gasteiger partial charge in [0.15, 0.2) is 0 Å². The molecule has 0 aliphatic carbocycles. The summed E-state index contributed by atoms with van der Waals surface area (Å²) in [7, 11) is 5.59. The third-order valence-electron chi connectivity index (χ3n) is 4.01. The predicted molar refractivity (Wildman–Crippen MR) is 86.2 cm³/mol. The number of morpholine rings is 1. The molecule has 1 heterocycles. The average Bonchev–Trinajstić information content (AvgIpc) is 2.52. The van der Waals surface area contributed by atoms with E-state index < -0.39 is 0 Å². The fourth-order valence-electron chi connectivity index (χ4n) is 2.65. The topological polar surface area (TPSA) is 42.0 Å². The van der Waals surface area contributed by atoms with E-state index in [4.69, 9.17) is 9.47 Å². The standard InChI is InChI=1S/C17H26N2O3/c1-18-9-10-22-16(12-18)13-19(2)17(20)8-7-14-5-4-6-15(11-14)21-3/h4-6,11,16H,7-10,12-13H2,1-3H3. The molecule has 122 valence electrons. The van der Waals surface area contributed by atoms with Gasteiger partial charge in [-0.3, -0.25) is 4.79 Å². The highest BCUT2D eigenvalue weighted by Crippen LogP contribution is 2.14. The van der Waals surface area contributed by atoms with Gasteiger partial charge >= 0.3 is 0 Å². The minimum Gasteiger partial charge on any atom is -0.497 e. The second kappa shape index (κ2) is 8.15. The largest absolute Gasteiger partial charge is 0.497 e. The summed E-state index contributed by atoms with van der Waals surface area (Å²) < 4.78 is 10.9. The van der Waals surface area contributed by atoms with Crippen LogP contribution in [-0.2, 0) is 16.0 Å². The Balaban J connectivity index is 1.78. The summed E-state index contributed by atoms with van der Waals surface area (Å²) in [4.78, 5) is 16.3. The second-order valence-corrected chi connectivity index (χ2v) is 5.88. The van der Waals surface area contributed by atoms with Gasteiger partial charge in [0.25, 0.3) is 0 Å². The zero-order valence-corrected chi connectivity index (χ0v) is 13.7. The summed E-state index contributed by atoms with van der Waals surface area (Å²) in [6, 6.07) is 7.86. The Labute approximate surface area is 132 Å². The first-order valence-electron chi connectivity index (χ1n) is 7.75. The molecule has 5 heteroatoms. The smallest absolute Gasteiger partial charge is 0.222 e. The first-order valence-corrected chi connectivity index (χ1v) is 7.75. The minimum absolute atomic E-state index is 0.115. The fraction of sp³-hybridized carbons (Fsp3) is 0.588. The summed E-state index contributed by atoms with van der Waals surface area (Å²) in [6.07, 6.45) is 1.35. The second-order valence-electron chi connectivity index (χ2n) is 5.88. The van der Waals surface area contributed by atoms with Crippen molar-refractivity contribution in [1.29, 1.82) is 0 Å². The number of carbonyl (C=O) groups excluding carboxylic acids is 1. The lowest BCUT2D eigenvalue weighted by atomic mass is 10.1. The number of rotatable bonds is 6. The molecule has 0 saturated carbocycles. The number of hydrogen-bond donors (Lipinski definition) is 0. The van der Waals surface area contributed by atoms with Crippen molar-refractivity contribution in [3.63, 3.8) is 0 Å². The molecule has 1 unspecified atom stereocenters. The number of likely N-dealkylation sites (N-methyl/N-ethyl adjacent to an activating group) is 2. The van der Waals surface area contributed by atoms with E-state index in [1.54, 1.807) is 12.0 Å². The number of benzene rings is 1. The molecule has 22 heavy (non-hydrogen) atoms. The molecular formula is C17H26N2O3. The van der Waals surface area contributed by atoms with E-state index in [1.165, 1.54) is 0 Å². The number of aryl methyl sites for hydroxylation is 1. The lowest BCUT2D eigenvalue weighted by molar-refractivity contribution is -0.132. The van der Waals surface area contributed by atoms with E-state index in [0.717, 1.165) is 37.4 Å². The van der Waals surface area contributed by atoms with Crippen LogP contribution in [0.15, 0.2) is 24.3 Å². The van der Waals surface area contributed by atoms with Gasteiger partial charge in [0.2, 0.25) is 5.91 Å². The number of amides is 1. The van der Waals surface area contributed by atoms with E-state index >= 15 is 0 Å². The molecule has 5 nitrogen and oxygen atoms in total. The molecule has 1 aliphatic heterocycles. The Morgan fingerprint density at radius 3 is 3.05 bits per heavy atom. The maximum Gasteiger partial charge on any atom is 0.222 e. The van der Waals surface area contributed by atoms with Crippen molar-refractivity contribution in [2.75, 3.05) is 47.4 Å². The molecule has 1 atom stereocenters. The van der Waals surface area contributed by atoms with Gasteiger partial charge in [0.05, 0.1) is 19.8 Å². The van der Waals surface area contributed by atoms with Crippen LogP contribution in [0.25, 0.3) is 0 Å². The van der Waals surface area contributed by atoms with Crippen LogP contribution in [0.5, 0.6) is 5.75 Å². The Morgan fingerprint density at radius 1 is 1.50 bits per heavy atom. The number of nitrogens with zero attached hydrogens (tertiary/aromatic N) is 2. The van der Waals surface area contributed by atoms with Crippen LogP contribution in [0.4, 0.5) is 0 Å². The summed E-state index contributed by atoms with van der Waals surface area (Å²) in [5.41, 5.74) is 1.12. The maximum absolute atomic E-state index is 12.3. The Morgan fingerprint density at radius 2 is 2.32 bits per heavy atom. The van der Waals surface area contributed by atoms with Gasteiger partial charge in [-0.2, -0.15) is 0 Å². The van der Waals surface area contributed by atoms with Crippen LogP contribution in [-0.4, -0.2) is 69.3 Å². The van der Waals surface area contributed by atoms with Crippen LogP contribution in [0.3, 0.4) is 0 Å². The molecule has 1 fully saturated rings. The lowest BCUT2D eigenvalue weighted by Gasteiger charge is -2.32. The van der Waals surface area contributed by atoms with Gasteiger partial charge in [0, 0.05) is 33.1 Å². The predicted octanol–water partition coefficient (Wildman–Crippen LogP) is 1.42. The van der Waals surface area contributed by atoms with Gasteiger partial charge in [-0.1, -0.05) is 12.1 Å². The third kappa shape index (κ3) is 5.00. The van der Waals surface area contributed by atoms with E-state index in [-0.39, 0.29) is 12.0 Å². The van der Waals surface area contributed by atoms with E-state index in [0.29, 0.717) is 13.0 Å². The molecule has 1 aromatic carbocycles. The molecule has 0 spiro atoms. The van der Waals surface area contributed by atoms with Crippen LogP contribution >= 0.6 is 0 Å². The van der Waals surface area contributed by atoms with Crippen molar-refractivity contribution in [2.45, 2.75) is 18.9 Å². The normalized spacial score (nSPS) is 19.0. The molecule has 0 N–H and O–H groups in total. The van der Waals surface area contributed by atoms with Crippen LogP contribution in [0.2, 0.25) is 0 Å². The molecule has 1 amide bonds. The molecule has 2 rings (SSSR count). The van der Waals surface area contributed by atoms with Gasteiger partial charge < -0.3 is 19.3 Å². The minimum atomic E-state index is 0.115. The highest BCUT2D eigenvalue weighted by molar-refractivity contribution is 5.76. The van der Waals surface area contributed by atoms with Crippen molar-refractivity contribution in [1.82, 2.24) is 9.80 Å². The SMILES string of the molecule is COc1cccc(CCC(=O)N(C)CC2CN(C)CCO2)c1. The summed E-state index contributed by atoms with van der Waals surface area (Å²) in [5.74, 6) is 0.983. The Bertz CT molecular complexity index is 493. The Kier molecular flexibility index (Phi) is 6.21. The molecule has 1 aliphatic rings. The number of ether oxygens (including phenoxy) is 2. The molecule has 0 radical (unpaired) electrons. The summed E-state index contributed by atoms with van der Waals surface area (Å²) in [5, 5.41) is 0. The first-order chi connectivity index (χ1) is 10.6. The van der Waals surface area contributed by atoms with Crippen LogP contribution in [0, 0.1) is 0 Å². The summed E-state index contributed by atoms with van der Waals surface area (Å²) >= 11 is 0. The van der Waals surface area contributed by atoms with E-state index in [9.17, 15) is 4.79 Å². The first kappa shape index (κ1) is 16.8.